The molecule has 0 atom stereocenters. The second-order valence-corrected chi connectivity index (χ2v) is 7.56. The molecule has 0 bridgehead atoms. The molecule has 0 N–H and O–H groups in total. The summed E-state index contributed by atoms with van der Waals surface area (Å²) in [6.45, 7) is 3.05. The predicted octanol–water partition coefficient (Wildman–Crippen LogP) is 4.01. The number of aromatic nitrogens is 1. The minimum Gasteiger partial charge on any atom is -0.497 e. The van der Waals surface area contributed by atoms with Crippen molar-refractivity contribution in [2.45, 2.75) is 6.42 Å². The fourth-order valence-corrected chi connectivity index (χ4v) is 3.89. The van der Waals surface area contributed by atoms with E-state index < -0.39 is 0 Å². The monoisotopic (exact) mass is 425 g/mol. The minimum atomic E-state index is -0.0226. The summed E-state index contributed by atoms with van der Waals surface area (Å²) < 4.78 is 11.1. The van der Waals surface area contributed by atoms with Gasteiger partial charge in [-0.25, -0.2) is 0 Å². The third kappa shape index (κ3) is 4.44. The molecule has 1 amide bonds. The Morgan fingerprint density at radius 2 is 1.90 bits per heavy atom. The molecule has 156 valence electrons. The zero-order chi connectivity index (χ0) is 20.9. The number of carbonyl (C=O) groups is 1. The number of nitrogens with zero attached hydrogens (tertiary/aromatic N) is 3. The number of halogens is 1. The summed E-state index contributed by atoms with van der Waals surface area (Å²) >= 11 is 6.23. The maximum atomic E-state index is 12.8. The molecule has 1 fully saturated rings. The Kier molecular flexibility index (Phi) is 6.23. The van der Waals surface area contributed by atoms with Gasteiger partial charge in [-0.2, -0.15) is 0 Å². The molecule has 0 radical (unpaired) electrons. The Hall–Kier alpha value is -2.99. The molecule has 6 nitrogen and oxygen atoms in total. The van der Waals surface area contributed by atoms with Crippen LogP contribution in [-0.2, 0) is 4.79 Å². The number of fused-ring (bicyclic) bond motifs is 1. The highest BCUT2D eigenvalue weighted by Crippen LogP contribution is 2.29. The number of pyridine rings is 1. The zero-order valence-corrected chi connectivity index (χ0v) is 17.6. The van der Waals surface area contributed by atoms with Crippen LogP contribution in [0.1, 0.15) is 6.42 Å². The van der Waals surface area contributed by atoms with Gasteiger partial charge in [0.05, 0.1) is 12.1 Å². The lowest BCUT2D eigenvalue weighted by Crippen LogP contribution is -2.38. The second-order valence-electron chi connectivity index (χ2n) is 7.15. The molecule has 1 saturated heterocycles. The minimum absolute atomic E-state index is 0.0180. The maximum absolute atomic E-state index is 12.8. The molecule has 4 rings (SSSR count). The highest BCUT2D eigenvalue weighted by atomic mass is 35.5. The molecule has 3 aromatic rings. The van der Waals surface area contributed by atoms with Crippen LogP contribution in [0.4, 0.5) is 5.69 Å². The van der Waals surface area contributed by atoms with Gasteiger partial charge < -0.3 is 19.3 Å². The van der Waals surface area contributed by atoms with Crippen molar-refractivity contribution in [1.29, 1.82) is 0 Å². The van der Waals surface area contributed by atoms with E-state index in [4.69, 9.17) is 21.1 Å². The van der Waals surface area contributed by atoms with Crippen molar-refractivity contribution in [1.82, 2.24) is 9.88 Å². The van der Waals surface area contributed by atoms with E-state index in [0.717, 1.165) is 36.3 Å². The second kappa shape index (κ2) is 9.22. The lowest BCUT2D eigenvalue weighted by molar-refractivity contribution is -0.133. The van der Waals surface area contributed by atoms with Gasteiger partial charge in [-0.3, -0.25) is 9.78 Å². The molecule has 7 heteroatoms. The third-order valence-corrected chi connectivity index (χ3v) is 5.65. The first-order valence-electron chi connectivity index (χ1n) is 9.98. The molecule has 2 aromatic carbocycles. The zero-order valence-electron chi connectivity index (χ0n) is 16.9. The van der Waals surface area contributed by atoms with E-state index in [1.165, 1.54) is 0 Å². The molecular formula is C23H24ClN3O3. The molecule has 1 aliphatic rings. The van der Waals surface area contributed by atoms with E-state index in [-0.39, 0.29) is 12.5 Å². The van der Waals surface area contributed by atoms with Crippen LogP contribution in [0.15, 0.2) is 54.7 Å². The highest BCUT2D eigenvalue weighted by molar-refractivity contribution is 6.35. The molecule has 0 unspecified atom stereocenters. The van der Waals surface area contributed by atoms with Crippen molar-refractivity contribution in [3.05, 3.63) is 59.8 Å². The Bertz CT molecular complexity index is 1030. The molecular weight excluding hydrogens is 402 g/mol. The largest absolute Gasteiger partial charge is 0.497 e. The Labute approximate surface area is 181 Å². The van der Waals surface area contributed by atoms with E-state index in [1.807, 2.05) is 29.2 Å². The van der Waals surface area contributed by atoms with E-state index >= 15 is 0 Å². The quantitative estimate of drug-likeness (QED) is 0.618. The van der Waals surface area contributed by atoms with Gasteiger partial charge in [-0.1, -0.05) is 11.6 Å². The molecule has 1 aliphatic heterocycles. The van der Waals surface area contributed by atoms with Gasteiger partial charge >= 0.3 is 0 Å². The van der Waals surface area contributed by atoms with Crippen LogP contribution in [0.25, 0.3) is 10.9 Å². The average molecular weight is 426 g/mol. The van der Waals surface area contributed by atoms with Crippen LogP contribution in [0.3, 0.4) is 0 Å². The average Bonchev–Trinajstić information content (AvgIpc) is 3.05. The SMILES string of the molecule is COc1ccc(N2CCCN(C(=O)COc3ccc(Cl)c4cccnc34)CC2)cc1. The molecule has 2 heterocycles. The van der Waals surface area contributed by atoms with Gasteiger partial charge in [0.2, 0.25) is 0 Å². The van der Waals surface area contributed by atoms with Gasteiger partial charge in [-0.15, -0.1) is 0 Å². The maximum Gasteiger partial charge on any atom is 0.260 e. The standard InChI is InChI=1S/C23H24ClN3O3/c1-29-18-7-5-17(6-8-18)26-12-3-13-27(15-14-26)22(28)16-30-21-10-9-20(24)19-4-2-11-25-23(19)21/h2,4-11H,3,12-16H2,1H3. The van der Waals surface area contributed by atoms with E-state index in [9.17, 15) is 4.79 Å². The number of hydrogen-bond donors (Lipinski definition) is 0. The smallest absolute Gasteiger partial charge is 0.260 e. The number of rotatable bonds is 5. The van der Waals surface area contributed by atoms with Crippen molar-refractivity contribution < 1.29 is 14.3 Å². The van der Waals surface area contributed by atoms with Gasteiger partial charge in [0, 0.05) is 43.4 Å². The van der Waals surface area contributed by atoms with Crippen LogP contribution in [-0.4, -0.2) is 55.7 Å². The first-order chi connectivity index (χ1) is 14.7. The molecule has 30 heavy (non-hydrogen) atoms. The number of carbonyl (C=O) groups excluding carboxylic acids is 1. The predicted molar refractivity (Wildman–Crippen MR) is 119 cm³/mol. The van der Waals surface area contributed by atoms with Gasteiger partial charge in [-0.05, 0) is 55.0 Å². The summed E-state index contributed by atoms with van der Waals surface area (Å²) in [5, 5.41) is 1.43. The van der Waals surface area contributed by atoms with Crippen molar-refractivity contribution in [3.63, 3.8) is 0 Å². The van der Waals surface area contributed by atoms with Crippen molar-refractivity contribution in [2.24, 2.45) is 0 Å². The van der Waals surface area contributed by atoms with E-state index in [2.05, 4.69) is 22.0 Å². The summed E-state index contributed by atoms with van der Waals surface area (Å²) in [4.78, 5) is 21.3. The van der Waals surface area contributed by atoms with Gasteiger partial charge in [0.15, 0.2) is 6.61 Å². The number of hydrogen-bond acceptors (Lipinski definition) is 5. The van der Waals surface area contributed by atoms with Crippen molar-refractivity contribution in [2.75, 3.05) is 44.8 Å². The normalized spacial score (nSPS) is 14.5. The van der Waals surface area contributed by atoms with Gasteiger partial charge in [0.25, 0.3) is 5.91 Å². The Morgan fingerprint density at radius 3 is 2.70 bits per heavy atom. The molecule has 0 saturated carbocycles. The number of amides is 1. The lowest BCUT2D eigenvalue weighted by Gasteiger charge is -2.24. The van der Waals surface area contributed by atoms with Crippen LogP contribution < -0.4 is 14.4 Å². The number of benzene rings is 2. The van der Waals surface area contributed by atoms with E-state index in [0.29, 0.717) is 29.4 Å². The Balaban J connectivity index is 1.37. The fourth-order valence-electron chi connectivity index (χ4n) is 3.68. The summed E-state index contributed by atoms with van der Waals surface area (Å²) in [7, 11) is 1.66. The molecule has 0 aliphatic carbocycles. The summed E-state index contributed by atoms with van der Waals surface area (Å²) in [5.74, 6) is 1.38. The van der Waals surface area contributed by atoms with Crippen LogP contribution in [0.5, 0.6) is 11.5 Å². The number of ether oxygens (including phenoxy) is 2. The molecule has 0 spiro atoms. The summed E-state index contributed by atoms with van der Waals surface area (Å²) in [6.07, 6.45) is 2.60. The first kappa shape index (κ1) is 20.3. The lowest BCUT2D eigenvalue weighted by atomic mass is 10.2. The first-order valence-corrected chi connectivity index (χ1v) is 10.4. The summed E-state index contributed by atoms with van der Waals surface area (Å²) in [5.41, 5.74) is 1.81. The summed E-state index contributed by atoms with van der Waals surface area (Å²) in [6, 6.07) is 15.3. The van der Waals surface area contributed by atoms with E-state index in [1.54, 1.807) is 25.4 Å². The fraction of sp³-hybridized carbons (Fsp3) is 0.304. The van der Waals surface area contributed by atoms with Crippen LogP contribution in [0, 0.1) is 0 Å². The third-order valence-electron chi connectivity index (χ3n) is 5.32. The number of anilines is 1. The van der Waals surface area contributed by atoms with Crippen molar-refractivity contribution in [3.8, 4) is 11.5 Å². The van der Waals surface area contributed by atoms with Crippen molar-refractivity contribution >= 4 is 34.1 Å². The van der Waals surface area contributed by atoms with Gasteiger partial charge in [0.1, 0.15) is 17.0 Å². The number of methoxy groups -OCH3 is 1. The highest BCUT2D eigenvalue weighted by Gasteiger charge is 2.20. The van der Waals surface area contributed by atoms with Crippen LogP contribution in [0.2, 0.25) is 5.02 Å². The van der Waals surface area contributed by atoms with Crippen LogP contribution >= 0.6 is 11.6 Å². The molecule has 1 aromatic heterocycles. The topological polar surface area (TPSA) is 54.9 Å². The Morgan fingerprint density at radius 1 is 1.07 bits per heavy atom.